The Morgan fingerprint density at radius 1 is 1.29 bits per heavy atom. The maximum absolute atomic E-state index is 11.7. The maximum atomic E-state index is 11.7. The molecule has 1 N–H and O–H groups in total. The summed E-state index contributed by atoms with van der Waals surface area (Å²) >= 11 is 1.27. The third-order valence-electron chi connectivity index (χ3n) is 3.64. The van der Waals surface area contributed by atoms with Crippen molar-refractivity contribution in [1.82, 2.24) is 0 Å². The lowest BCUT2D eigenvalue weighted by Crippen LogP contribution is -2.22. The smallest absolute Gasteiger partial charge is 0.316 e. The Hall–Kier alpha value is -1.54. The molecule has 0 spiro atoms. The summed E-state index contributed by atoms with van der Waals surface area (Å²) in [6, 6.07) is 7.45. The van der Waals surface area contributed by atoms with Gasteiger partial charge in [0.1, 0.15) is 0 Å². The van der Waals surface area contributed by atoms with Crippen LogP contribution in [0.4, 0.5) is 5.69 Å². The summed E-state index contributed by atoms with van der Waals surface area (Å²) in [5.41, 5.74) is 1.82. The molecule has 0 radical (unpaired) electrons. The molecule has 8 heteroatoms. The average Bonchev–Trinajstić information content (AvgIpc) is 2.91. The molecule has 0 unspecified atom stereocenters. The van der Waals surface area contributed by atoms with Crippen LogP contribution in [0.5, 0.6) is 0 Å². The first-order valence-corrected chi connectivity index (χ1v) is 10.6. The fraction of sp³-hybridized carbons (Fsp3) is 0.500. The summed E-state index contributed by atoms with van der Waals surface area (Å²) in [7, 11) is -2.95. The van der Waals surface area contributed by atoms with Gasteiger partial charge in [-0.15, -0.1) is 11.8 Å². The van der Waals surface area contributed by atoms with Gasteiger partial charge >= 0.3 is 5.97 Å². The molecule has 24 heavy (non-hydrogen) atoms. The van der Waals surface area contributed by atoms with Gasteiger partial charge in [-0.3, -0.25) is 9.59 Å². The number of benzene rings is 1. The highest BCUT2D eigenvalue weighted by atomic mass is 32.2. The van der Waals surface area contributed by atoms with Crippen LogP contribution in [0.3, 0.4) is 0 Å². The minimum Gasteiger partial charge on any atom is -0.455 e. The summed E-state index contributed by atoms with van der Waals surface area (Å²) in [5.74, 6) is -0.571. The van der Waals surface area contributed by atoms with Gasteiger partial charge in [0.25, 0.3) is 5.91 Å². The van der Waals surface area contributed by atoms with Gasteiger partial charge in [0.2, 0.25) is 0 Å². The number of hydrogen-bond acceptors (Lipinski definition) is 6. The summed E-state index contributed by atoms with van der Waals surface area (Å²) < 4.78 is 27.6. The normalized spacial score (nSPS) is 19.0. The fourth-order valence-electron chi connectivity index (χ4n) is 2.29. The van der Waals surface area contributed by atoms with Gasteiger partial charge in [0.15, 0.2) is 16.4 Å². The van der Waals surface area contributed by atoms with Crippen LogP contribution in [-0.2, 0) is 30.6 Å². The van der Waals surface area contributed by atoms with Crippen molar-refractivity contribution in [2.45, 2.75) is 25.0 Å². The predicted octanol–water partition coefficient (Wildman–Crippen LogP) is 1.65. The van der Waals surface area contributed by atoms with Crippen molar-refractivity contribution in [3.63, 3.8) is 0 Å². The van der Waals surface area contributed by atoms with E-state index in [1.165, 1.54) is 17.3 Å². The maximum Gasteiger partial charge on any atom is 0.316 e. The quantitative estimate of drug-likeness (QED) is 0.733. The number of rotatable bonds is 7. The topological polar surface area (TPSA) is 89.5 Å². The molecule has 1 atom stereocenters. The molecule has 6 nitrogen and oxygen atoms in total. The van der Waals surface area contributed by atoms with Crippen LogP contribution in [-0.4, -0.2) is 49.4 Å². The predicted molar refractivity (Wildman–Crippen MR) is 94.9 cm³/mol. The molecule has 0 saturated carbocycles. The number of thioether (sulfide) groups is 1. The standard InChI is InChI=1S/C16H21NO5S2/c1-2-12-3-5-13(6-4-12)17-15(18)9-22-16(19)10-23-14-7-8-24(20,21)11-14/h3-6,14H,2,7-11H2,1H3,(H,17,18)/t14-/m1/s1. The Balaban J connectivity index is 1.66. The van der Waals surface area contributed by atoms with Crippen molar-refractivity contribution < 1.29 is 22.7 Å². The SMILES string of the molecule is CCc1ccc(NC(=O)COC(=O)CS[C@@H]2CCS(=O)(=O)C2)cc1. The van der Waals surface area contributed by atoms with E-state index in [0.29, 0.717) is 12.1 Å². The van der Waals surface area contributed by atoms with Crippen molar-refractivity contribution in [3.8, 4) is 0 Å². The molecule has 1 amide bonds. The van der Waals surface area contributed by atoms with E-state index in [2.05, 4.69) is 5.32 Å². The molecule has 1 aromatic rings. The lowest BCUT2D eigenvalue weighted by Gasteiger charge is -2.09. The summed E-state index contributed by atoms with van der Waals surface area (Å²) in [4.78, 5) is 23.4. The first kappa shape index (κ1) is 18.8. The first-order chi connectivity index (χ1) is 11.4. The molecular weight excluding hydrogens is 350 g/mol. The van der Waals surface area contributed by atoms with Gasteiger partial charge in [-0.25, -0.2) is 8.42 Å². The second-order valence-corrected chi connectivity index (χ2v) is 9.11. The number of carbonyl (C=O) groups is 2. The molecule has 1 fully saturated rings. The number of esters is 1. The lowest BCUT2D eigenvalue weighted by molar-refractivity contribution is -0.144. The highest BCUT2D eigenvalue weighted by Gasteiger charge is 2.28. The third kappa shape index (κ3) is 6.16. The van der Waals surface area contributed by atoms with E-state index >= 15 is 0 Å². The molecule has 0 bridgehead atoms. The molecule has 1 heterocycles. The highest BCUT2D eigenvalue weighted by molar-refractivity contribution is 8.02. The molecule has 132 valence electrons. The van der Waals surface area contributed by atoms with Gasteiger partial charge in [0.05, 0.1) is 17.3 Å². The number of ether oxygens (including phenoxy) is 1. The Morgan fingerprint density at radius 3 is 2.58 bits per heavy atom. The third-order valence-corrected chi connectivity index (χ3v) is 6.89. The van der Waals surface area contributed by atoms with Crippen molar-refractivity contribution >= 4 is 39.2 Å². The van der Waals surface area contributed by atoms with Crippen molar-refractivity contribution in [2.75, 3.05) is 29.2 Å². The molecule has 1 aliphatic rings. The largest absolute Gasteiger partial charge is 0.455 e. The highest BCUT2D eigenvalue weighted by Crippen LogP contribution is 2.24. The first-order valence-electron chi connectivity index (χ1n) is 7.74. The number of carbonyl (C=O) groups excluding carboxylic acids is 2. The van der Waals surface area contributed by atoms with Crippen LogP contribution in [0.2, 0.25) is 0 Å². The summed E-state index contributed by atoms with van der Waals surface area (Å²) in [6.07, 6.45) is 1.49. The van der Waals surface area contributed by atoms with Gasteiger partial charge in [-0.05, 0) is 30.5 Å². The van der Waals surface area contributed by atoms with Crippen molar-refractivity contribution in [3.05, 3.63) is 29.8 Å². The van der Waals surface area contributed by atoms with Gasteiger partial charge in [0, 0.05) is 10.9 Å². The van der Waals surface area contributed by atoms with Crippen LogP contribution in [0, 0.1) is 0 Å². The average molecular weight is 371 g/mol. The van der Waals surface area contributed by atoms with E-state index in [4.69, 9.17) is 4.74 Å². The van der Waals surface area contributed by atoms with E-state index in [1.807, 2.05) is 19.1 Å². The van der Waals surface area contributed by atoms with E-state index in [-0.39, 0.29) is 29.1 Å². The molecule has 1 aliphatic heterocycles. The minimum atomic E-state index is -2.95. The van der Waals surface area contributed by atoms with E-state index in [1.54, 1.807) is 12.1 Å². The van der Waals surface area contributed by atoms with Crippen molar-refractivity contribution in [2.24, 2.45) is 0 Å². The molecule has 1 saturated heterocycles. The Bertz CT molecular complexity index is 685. The molecule has 0 aromatic heterocycles. The summed E-state index contributed by atoms with van der Waals surface area (Å²) in [6.45, 7) is 1.70. The van der Waals surface area contributed by atoms with Crippen LogP contribution in [0.25, 0.3) is 0 Å². The molecule has 0 aliphatic carbocycles. The Morgan fingerprint density at radius 2 is 2.00 bits per heavy atom. The van der Waals surface area contributed by atoms with E-state index in [9.17, 15) is 18.0 Å². The van der Waals surface area contributed by atoms with Gasteiger partial charge in [-0.2, -0.15) is 0 Å². The van der Waals surface area contributed by atoms with Gasteiger partial charge < -0.3 is 10.1 Å². The molecule has 1 aromatic carbocycles. The monoisotopic (exact) mass is 371 g/mol. The number of sulfone groups is 1. The number of anilines is 1. The number of hydrogen-bond donors (Lipinski definition) is 1. The fourth-order valence-corrected chi connectivity index (χ4v) is 5.73. The number of amides is 1. The molecule has 2 rings (SSSR count). The Labute approximate surface area is 146 Å². The van der Waals surface area contributed by atoms with E-state index < -0.39 is 21.7 Å². The Kier molecular flexibility index (Phi) is 6.68. The second kappa shape index (κ2) is 8.53. The van der Waals surface area contributed by atoms with Crippen LogP contribution < -0.4 is 5.32 Å². The zero-order chi connectivity index (χ0) is 17.6. The van der Waals surface area contributed by atoms with Crippen LogP contribution in [0.1, 0.15) is 18.9 Å². The van der Waals surface area contributed by atoms with Crippen LogP contribution >= 0.6 is 11.8 Å². The number of aryl methyl sites for hydroxylation is 1. The lowest BCUT2D eigenvalue weighted by atomic mass is 10.1. The zero-order valence-corrected chi connectivity index (χ0v) is 15.1. The minimum absolute atomic E-state index is 0.0542. The summed E-state index contributed by atoms with van der Waals surface area (Å²) in [5, 5.41) is 2.59. The van der Waals surface area contributed by atoms with E-state index in [0.717, 1.165) is 6.42 Å². The van der Waals surface area contributed by atoms with Gasteiger partial charge in [-0.1, -0.05) is 19.1 Å². The number of nitrogens with one attached hydrogen (secondary N) is 1. The molecular formula is C16H21NO5S2. The van der Waals surface area contributed by atoms with Crippen LogP contribution in [0.15, 0.2) is 24.3 Å². The zero-order valence-electron chi connectivity index (χ0n) is 13.5. The van der Waals surface area contributed by atoms with Crippen molar-refractivity contribution in [1.29, 1.82) is 0 Å². The second-order valence-electron chi connectivity index (χ2n) is 5.60.